The molecule has 3 rings (SSSR count). The standard InChI is InChI=1S/C27H26ClF2NO6S/c1-15(2)37-27(35)19-10-5-4-9-18(19)26(34)31(25(33)16-7-6-8-17(29)11-16)22-13-23(20(28)12-21(22)30)38-14-24(32)36-3/h6-8,11-13,15H,4-5,9-10,14H2,1-3H3. The summed E-state index contributed by atoms with van der Waals surface area (Å²) < 4.78 is 39.2. The number of hydrogen-bond donors (Lipinski definition) is 0. The zero-order valence-electron chi connectivity index (χ0n) is 21.0. The maximum Gasteiger partial charge on any atom is 0.334 e. The summed E-state index contributed by atoms with van der Waals surface area (Å²) in [5.41, 5.74) is -0.540. The minimum atomic E-state index is -1.01. The number of ether oxygens (including phenoxy) is 2. The highest BCUT2D eigenvalue weighted by atomic mass is 35.5. The van der Waals surface area contributed by atoms with E-state index in [1.54, 1.807) is 13.8 Å². The number of nitrogens with zero attached hydrogens (tertiary/aromatic N) is 1. The van der Waals surface area contributed by atoms with Gasteiger partial charge in [-0.3, -0.25) is 14.4 Å². The summed E-state index contributed by atoms with van der Waals surface area (Å²) in [6, 6.07) is 6.69. The second-order valence-electron chi connectivity index (χ2n) is 8.67. The molecule has 0 heterocycles. The molecule has 0 unspecified atom stereocenters. The maximum absolute atomic E-state index is 15.3. The van der Waals surface area contributed by atoms with Crippen molar-refractivity contribution < 1.29 is 37.4 Å². The SMILES string of the molecule is COC(=O)CSc1cc(N(C(=O)C2=C(C(=O)OC(C)C)CCCC2)C(=O)c2cccc(F)c2)c(F)cc1Cl. The Bertz CT molecular complexity index is 1300. The number of carbonyl (C=O) groups is 4. The van der Waals surface area contributed by atoms with Crippen LogP contribution in [0.25, 0.3) is 0 Å². The first-order valence-electron chi connectivity index (χ1n) is 11.8. The minimum absolute atomic E-state index is 0.0183. The zero-order chi connectivity index (χ0) is 28.0. The van der Waals surface area contributed by atoms with Crippen LogP contribution in [0.5, 0.6) is 0 Å². The lowest BCUT2D eigenvalue weighted by molar-refractivity contribution is -0.143. The number of anilines is 1. The van der Waals surface area contributed by atoms with E-state index in [4.69, 9.17) is 16.3 Å². The van der Waals surface area contributed by atoms with E-state index in [0.717, 1.165) is 36.0 Å². The Morgan fingerprint density at radius 2 is 1.71 bits per heavy atom. The van der Waals surface area contributed by atoms with Crippen LogP contribution in [-0.2, 0) is 23.9 Å². The molecule has 0 saturated carbocycles. The maximum atomic E-state index is 15.3. The summed E-state index contributed by atoms with van der Waals surface area (Å²) in [4.78, 5) is 52.7. The Morgan fingerprint density at radius 1 is 1.03 bits per heavy atom. The molecule has 0 aromatic heterocycles. The van der Waals surface area contributed by atoms with Crippen molar-refractivity contribution in [2.75, 3.05) is 17.8 Å². The number of methoxy groups -OCH3 is 1. The number of thioether (sulfide) groups is 1. The van der Waals surface area contributed by atoms with E-state index in [2.05, 4.69) is 4.74 Å². The fourth-order valence-electron chi connectivity index (χ4n) is 3.84. The van der Waals surface area contributed by atoms with Crippen LogP contribution in [0, 0.1) is 11.6 Å². The molecule has 0 fully saturated rings. The lowest BCUT2D eigenvalue weighted by Gasteiger charge is -2.27. The van der Waals surface area contributed by atoms with Crippen LogP contribution in [0.4, 0.5) is 14.5 Å². The number of esters is 2. The molecule has 2 amide bonds. The molecule has 0 radical (unpaired) electrons. The van der Waals surface area contributed by atoms with Gasteiger partial charge in [-0.1, -0.05) is 17.7 Å². The highest BCUT2D eigenvalue weighted by Crippen LogP contribution is 2.36. The van der Waals surface area contributed by atoms with Gasteiger partial charge in [0.1, 0.15) is 11.6 Å². The fourth-order valence-corrected chi connectivity index (χ4v) is 4.94. The molecule has 2 aromatic rings. The van der Waals surface area contributed by atoms with Crippen LogP contribution >= 0.6 is 23.4 Å². The van der Waals surface area contributed by atoms with Crippen molar-refractivity contribution >= 4 is 52.8 Å². The number of halogens is 3. The van der Waals surface area contributed by atoms with Crippen LogP contribution in [0.1, 0.15) is 49.9 Å². The van der Waals surface area contributed by atoms with Crippen LogP contribution in [-0.4, -0.2) is 42.7 Å². The third-order valence-corrected chi connectivity index (χ3v) is 7.06. The van der Waals surface area contributed by atoms with Gasteiger partial charge in [0.25, 0.3) is 11.8 Å². The molecule has 7 nitrogen and oxygen atoms in total. The first-order valence-corrected chi connectivity index (χ1v) is 13.2. The number of benzene rings is 2. The number of carbonyl (C=O) groups excluding carboxylic acids is 4. The molecule has 0 atom stereocenters. The van der Waals surface area contributed by atoms with E-state index < -0.39 is 47.2 Å². The van der Waals surface area contributed by atoms with Crippen molar-refractivity contribution in [3.05, 3.63) is 69.8 Å². The Kier molecular flexibility index (Phi) is 10.0. The van der Waals surface area contributed by atoms with Gasteiger partial charge in [-0.2, -0.15) is 0 Å². The zero-order valence-corrected chi connectivity index (χ0v) is 22.6. The molecule has 202 valence electrons. The lowest BCUT2D eigenvalue weighted by atomic mass is 9.90. The highest BCUT2D eigenvalue weighted by Gasteiger charge is 2.34. The number of amides is 2. The van der Waals surface area contributed by atoms with Gasteiger partial charge in [0, 0.05) is 21.6 Å². The Morgan fingerprint density at radius 3 is 2.34 bits per heavy atom. The first-order chi connectivity index (χ1) is 18.0. The van der Waals surface area contributed by atoms with Gasteiger partial charge < -0.3 is 9.47 Å². The molecule has 1 aliphatic rings. The minimum Gasteiger partial charge on any atom is -0.468 e. The van der Waals surface area contributed by atoms with Crippen molar-refractivity contribution in [1.29, 1.82) is 0 Å². The summed E-state index contributed by atoms with van der Waals surface area (Å²) in [7, 11) is 1.21. The molecule has 11 heteroatoms. The predicted molar refractivity (Wildman–Crippen MR) is 139 cm³/mol. The Hall–Kier alpha value is -3.24. The van der Waals surface area contributed by atoms with Gasteiger partial charge >= 0.3 is 11.9 Å². The summed E-state index contributed by atoms with van der Waals surface area (Å²) in [5, 5.41) is -0.0520. The van der Waals surface area contributed by atoms with Crippen LogP contribution in [0.15, 0.2) is 52.4 Å². The average Bonchev–Trinajstić information content (AvgIpc) is 2.88. The Balaban J connectivity index is 2.17. The smallest absolute Gasteiger partial charge is 0.334 e. The average molecular weight is 566 g/mol. The predicted octanol–water partition coefficient (Wildman–Crippen LogP) is 5.88. The second kappa shape index (κ2) is 13.0. The molecule has 0 N–H and O–H groups in total. The van der Waals surface area contributed by atoms with E-state index in [1.807, 2.05) is 0 Å². The van der Waals surface area contributed by atoms with Crippen molar-refractivity contribution in [3.8, 4) is 0 Å². The van der Waals surface area contributed by atoms with Gasteiger partial charge in [-0.25, -0.2) is 18.5 Å². The van der Waals surface area contributed by atoms with Crippen LogP contribution in [0.2, 0.25) is 5.02 Å². The number of imide groups is 1. The van der Waals surface area contributed by atoms with Crippen molar-refractivity contribution in [3.63, 3.8) is 0 Å². The summed E-state index contributed by atoms with van der Waals surface area (Å²) in [5.74, 6) is -5.09. The largest absolute Gasteiger partial charge is 0.468 e. The lowest BCUT2D eigenvalue weighted by Crippen LogP contribution is -2.40. The molecule has 0 spiro atoms. The van der Waals surface area contributed by atoms with Crippen LogP contribution < -0.4 is 4.90 Å². The molecule has 0 bridgehead atoms. The number of rotatable bonds is 8. The normalized spacial score (nSPS) is 13.3. The molecule has 0 aliphatic heterocycles. The van der Waals surface area contributed by atoms with Gasteiger partial charge in [0.05, 0.1) is 29.7 Å². The van der Waals surface area contributed by atoms with Gasteiger partial charge in [-0.05, 0) is 69.9 Å². The fraction of sp³-hybridized carbons (Fsp3) is 0.333. The van der Waals surface area contributed by atoms with Crippen molar-refractivity contribution in [2.45, 2.75) is 50.5 Å². The monoisotopic (exact) mass is 565 g/mol. The van der Waals surface area contributed by atoms with Gasteiger partial charge in [-0.15, -0.1) is 11.8 Å². The molecular formula is C27H26ClF2NO6S. The van der Waals surface area contributed by atoms with E-state index >= 15 is 4.39 Å². The Labute approximate surface area is 228 Å². The summed E-state index contributed by atoms with van der Waals surface area (Å²) in [6.45, 7) is 3.33. The quantitative estimate of drug-likeness (QED) is 0.224. The van der Waals surface area contributed by atoms with E-state index in [9.17, 15) is 23.6 Å². The van der Waals surface area contributed by atoms with E-state index in [-0.39, 0.29) is 45.2 Å². The highest BCUT2D eigenvalue weighted by molar-refractivity contribution is 8.00. The van der Waals surface area contributed by atoms with Gasteiger partial charge in [0.2, 0.25) is 0 Å². The van der Waals surface area contributed by atoms with Crippen LogP contribution in [0.3, 0.4) is 0 Å². The molecule has 0 saturated heterocycles. The summed E-state index contributed by atoms with van der Waals surface area (Å²) >= 11 is 7.09. The molecule has 2 aromatic carbocycles. The third kappa shape index (κ3) is 6.99. The van der Waals surface area contributed by atoms with Crippen molar-refractivity contribution in [2.24, 2.45) is 0 Å². The molecule has 1 aliphatic carbocycles. The van der Waals surface area contributed by atoms with Crippen molar-refractivity contribution in [1.82, 2.24) is 0 Å². The van der Waals surface area contributed by atoms with Gasteiger partial charge in [0.15, 0.2) is 0 Å². The second-order valence-corrected chi connectivity index (χ2v) is 10.1. The third-order valence-electron chi connectivity index (χ3n) is 5.61. The number of hydrogen-bond acceptors (Lipinski definition) is 7. The molecule has 38 heavy (non-hydrogen) atoms. The summed E-state index contributed by atoms with van der Waals surface area (Å²) in [6.07, 6.45) is 1.15. The molecular weight excluding hydrogens is 540 g/mol. The first kappa shape index (κ1) is 29.3. The topological polar surface area (TPSA) is 90.0 Å². The van der Waals surface area contributed by atoms with E-state index in [0.29, 0.717) is 17.7 Å². The van der Waals surface area contributed by atoms with E-state index in [1.165, 1.54) is 19.2 Å².